The molecule has 1 N–H and O–H groups in total. The monoisotopic (exact) mass is 240 g/mol. The van der Waals surface area contributed by atoms with E-state index in [0.717, 1.165) is 30.1 Å². The SMILES string of the molecule is Cc1noc(C)c1CN(C)CC1(CO)COC1. The van der Waals surface area contributed by atoms with Crippen molar-refractivity contribution in [3.8, 4) is 0 Å². The van der Waals surface area contributed by atoms with Gasteiger partial charge in [0.2, 0.25) is 0 Å². The summed E-state index contributed by atoms with van der Waals surface area (Å²) in [5.74, 6) is 0.872. The summed E-state index contributed by atoms with van der Waals surface area (Å²) in [6, 6.07) is 0. The molecule has 1 aliphatic rings. The summed E-state index contributed by atoms with van der Waals surface area (Å²) in [6.45, 7) is 6.98. The summed E-state index contributed by atoms with van der Waals surface area (Å²) >= 11 is 0. The van der Waals surface area contributed by atoms with E-state index in [4.69, 9.17) is 9.26 Å². The van der Waals surface area contributed by atoms with Gasteiger partial charge >= 0.3 is 0 Å². The van der Waals surface area contributed by atoms with Gasteiger partial charge in [0.05, 0.1) is 30.9 Å². The first-order valence-corrected chi connectivity index (χ1v) is 5.85. The van der Waals surface area contributed by atoms with Crippen molar-refractivity contribution in [2.45, 2.75) is 20.4 Å². The van der Waals surface area contributed by atoms with Gasteiger partial charge in [0, 0.05) is 18.7 Å². The molecular formula is C12H20N2O3. The normalized spacial score (nSPS) is 18.4. The molecular weight excluding hydrogens is 220 g/mol. The zero-order valence-corrected chi connectivity index (χ0v) is 10.7. The molecule has 17 heavy (non-hydrogen) atoms. The van der Waals surface area contributed by atoms with Crippen molar-refractivity contribution in [2.24, 2.45) is 5.41 Å². The first-order chi connectivity index (χ1) is 8.06. The van der Waals surface area contributed by atoms with Crippen molar-refractivity contribution in [3.63, 3.8) is 0 Å². The zero-order valence-electron chi connectivity index (χ0n) is 10.7. The third-order valence-electron chi connectivity index (χ3n) is 3.37. The van der Waals surface area contributed by atoms with Crippen LogP contribution in [0.15, 0.2) is 4.52 Å². The van der Waals surface area contributed by atoms with E-state index in [-0.39, 0.29) is 12.0 Å². The van der Waals surface area contributed by atoms with Crippen molar-refractivity contribution in [2.75, 3.05) is 33.4 Å². The summed E-state index contributed by atoms with van der Waals surface area (Å²) < 4.78 is 10.3. The first-order valence-electron chi connectivity index (χ1n) is 5.85. The lowest BCUT2D eigenvalue weighted by Gasteiger charge is -2.42. The van der Waals surface area contributed by atoms with E-state index in [2.05, 4.69) is 10.1 Å². The van der Waals surface area contributed by atoms with Gasteiger partial charge in [-0.1, -0.05) is 5.16 Å². The van der Waals surface area contributed by atoms with Crippen molar-refractivity contribution < 1.29 is 14.4 Å². The Hall–Kier alpha value is -0.910. The smallest absolute Gasteiger partial charge is 0.138 e. The molecule has 0 radical (unpaired) electrons. The second-order valence-electron chi connectivity index (χ2n) is 5.13. The minimum absolute atomic E-state index is 0.0757. The topological polar surface area (TPSA) is 58.7 Å². The van der Waals surface area contributed by atoms with Crippen molar-refractivity contribution >= 4 is 0 Å². The van der Waals surface area contributed by atoms with Gasteiger partial charge in [-0.05, 0) is 20.9 Å². The number of hydrogen-bond donors (Lipinski definition) is 1. The number of nitrogens with zero attached hydrogens (tertiary/aromatic N) is 2. The molecule has 0 bridgehead atoms. The first kappa shape index (κ1) is 12.5. The average Bonchev–Trinajstić information content (AvgIpc) is 2.55. The largest absolute Gasteiger partial charge is 0.396 e. The van der Waals surface area contributed by atoms with E-state index in [1.165, 1.54) is 0 Å². The molecule has 5 heteroatoms. The fourth-order valence-corrected chi connectivity index (χ4v) is 2.25. The van der Waals surface area contributed by atoms with Crippen molar-refractivity contribution in [1.82, 2.24) is 10.1 Å². The van der Waals surface area contributed by atoms with Crippen LogP contribution in [0, 0.1) is 19.3 Å². The number of hydrogen-bond acceptors (Lipinski definition) is 5. The van der Waals surface area contributed by atoms with Gasteiger partial charge in [0.1, 0.15) is 5.76 Å². The Morgan fingerprint density at radius 3 is 2.53 bits per heavy atom. The van der Waals surface area contributed by atoms with E-state index in [1.54, 1.807) is 0 Å². The highest BCUT2D eigenvalue weighted by Gasteiger charge is 2.39. The molecule has 96 valence electrons. The van der Waals surface area contributed by atoms with Crippen LogP contribution in [0.1, 0.15) is 17.0 Å². The second kappa shape index (κ2) is 4.76. The van der Waals surface area contributed by atoms with Crippen LogP contribution in [0.5, 0.6) is 0 Å². The number of aliphatic hydroxyl groups is 1. The Bertz CT molecular complexity index is 360. The summed E-state index contributed by atoms with van der Waals surface area (Å²) in [7, 11) is 2.04. The van der Waals surface area contributed by atoms with Gasteiger partial charge in [-0.15, -0.1) is 0 Å². The standard InChI is InChI=1S/C12H20N2O3/c1-9-11(10(2)17-13-9)4-14(3)5-12(6-15)7-16-8-12/h15H,4-8H2,1-3H3. The molecule has 1 aromatic rings. The Balaban J connectivity index is 1.95. The molecule has 2 rings (SSSR count). The van der Waals surface area contributed by atoms with Crippen molar-refractivity contribution in [3.05, 3.63) is 17.0 Å². The van der Waals surface area contributed by atoms with Crippen LogP contribution in [0.4, 0.5) is 0 Å². The molecule has 0 aliphatic carbocycles. The van der Waals surface area contributed by atoms with Crippen molar-refractivity contribution in [1.29, 1.82) is 0 Å². The molecule has 1 aliphatic heterocycles. The van der Waals surface area contributed by atoms with E-state index in [0.29, 0.717) is 13.2 Å². The number of rotatable bonds is 5. The Morgan fingerprint density at radius 2 is 2.12 bits per heavy atom. The Morgan fingerprint density at radius 1 is 1.41 bits per heavy atom. The van der Waals surface area contributed by atoms with Crippen LogP contribution in [-0.2, 0) is 11.3 Å². The maximum Gasteiger partial charge on any atom is 0.138 e. The molecule has 0 aromatic carbocycles. The lowest BCUT2D eigenvalue weighted by Crippen LogP contribution is -2.52. The van der Waals surface area contributed by atoms with Crippen LogP contribution in [0.2, 0.25) is 0 Å². The van der Waals surface area contributed by atoms with Gasteiger partial charge in [-0.25, -0.2) is 0 Å². The highest BCUT2D eigenvalue weighted by molar-refractivity contribution is 5.20. The van der Waals surface area contributed by atoms with Gasteiger partial charge in [0.15, 0.2) is 0 Å². The van der Waals surface area contributed by atoms with Gasteiger partial charge in [-0.3, -0.25) is 0 Å². The number of aromatic nitrogens is 1. The lowest BCUT2D eigenvalue weighted by molar-refractivity contribution is -0.147. The molecule has 0 saturated carbocycles. The van der Waals surface area contributed by atoms with E-state index in [1.807, 2.05) is 20.9 Å². The van der Waals surface area contributed by atoms with E-state index >= 15 is 0 Å². The molecule has 0 atom stereocenters. The quantitative estimate of drug-likeness (QED) is 0.822. The fraction of sp³-hybridized carbons (Fsp3) is 0.750. The average molecular weight is 240 g/mol. The maximum atomic E-state index is 9.38. The molecule has 0 unspecified atom stereocenters. The Kier molecular flexibility index (Phi) is 3.51. The number of aliphatic hydroxyl groups excluding tert-OH is 1. The zero-order chi connectivity index (χ0) is 12.5. The van der Waals surface area contributed by atoms with Crippen LogP contribution < -0.4 is 0 Å². The van der Waals surface area contributed by atoms with Crippen LogP contribution in [0.25, 0.3) is 0 Å². The predicted molar refractivity (Wildman–Crippen MR) is 62.6 cm³/mol. The minimum atomic E-state index is -0.0757. The van der Waals surface area contributed by atoms with Crippen LogP contribution in [0.3, 0.4) is 0 Å². The highest BCUT2D eigenvalue weighted by atomic mass is 16.5. The lowest BCUT2D eigenvalue weighted by atomic mass is 9.86. The van der Waals surface area contributed by atoms with Crippen LogP contribution >= 0.6 is 0 Å². The summed E-state index contributed by atoms with van der Waals surface area (Å²) in [6.07, 6.45) is 0. The number of ether oxygens (including phenoxy) is 1. The maximum absolute atomic E-state index is 9.38. The van der Waals surface area contributed by atoms with E-state index < -0.39 is 0 Å². The molecule has 0 spiro atoms. The van der Waals surface area contributed by atoms with Gasteiger partial charge < -0.3 is 19.3 Å². The third-order valence-corrected chi connectivity index (χ3v) is 3.37. The molecule has 1 aromatic heterocycles. The third kappa shape index (κ3) is 2.51. The van der Waals surface area contributed by atoms with E-state index in [9.17, 15) is 5.11 Å². The van der Waals surface area contributed by atoms with Gasteiger partial charge in [0.25, 0.3) is 0 Å². The Labute approximate surface area is 101 Å². The molecule has 2 heterocycles. The number of aryl methyl sites for hydroxylation is 2. The summed E-state index contributed by atoms with van der Waals surface area (Å²) in [5.41, 5.74) is 2.01. The second-order valence-corrected chi connectivity index (χ2v) is 5.13. The predicted octanol–water partition coefficient (Wildman–Crippen LogP) is 0.732. The molecule has 0 amide bonds. The summed E-state index contributed by atoms with van der Waals surface area (Å²) in [4.78, 5) is 2.19. The van der Waals surface area contributed by atoms with Gasteiger partial charge in [-0.2, -0.15) is 0 Å². The molecule has 5 nitrogen and oxygen atoms in total. The molecule has 1 fully saturated rings. The molecule has 1 saturated heterocycles. The minimum Gasteiger partial charge on any atom is -0.396 e. The fourth-order valence-electron chi connectivity index (χ4n) is 2.25. The highest BCUT2D eigenvalue weighted by Crippen LogP contribution is 2.28. The summed E-state index contributed by atoms with van der Waals surface area (Å²) in [5, 5.41) is 13.3. The van der Waals surface area contributed by atoms with Crippen LogP contribution in [-0.4, -0.2) is 48.6 Å².